The van der Waals surface area contributed by atoms with E-state index in [-0.39, 0.29) is 11.2 Å². The Morgan fingerprint density at radius 1 is 1.33 bits per heavy atom. The molecule has 5 heteroatoms. The number of methoxy groups -OCH3 is 1. The molecule has 2 rings (SSSR count). The fourth-order valence-electron chi connectivity index (χ4n) is 2.13. The predicted molar refractivity (Wildman–Crippen MR) is 83.2 cm³/mol. The summed E-state index contributed by atoms with van der Waals surface area (Å²) >= 11 is 1.53. The maximum Gasteiger partial charge on any atom is 0.319 e. The second-order valence-corrected chi connectivity index (χ2v) is 6.21. The molecule has 4 nitrogen and oxygen atoms in total. The van der Waals surface area contributed by atoms with Crippen LogP contribution in [0.2, 0.25) is 0 Å². The highest BCUT2D eigenvalue weighted by molar-refractivity contribution is 8.00. The lowest BCUT2D eigenvalue weighted by atomic mass is 10.2. The smallest absolute Gasteiger partial charge is 0.319 e. The highest BCUT2D eigenvalue weighted by atomic mass is 32.2. The van der Waals surface area contributed by atoms with Crippen LogP contribution in [-0.2, 0) is 9.53 Å². The van der Waals surface area contributed by atoms with Crippen molar-refractivity contribution in [2.45, 2.75) is 42.8 Å². The van der Waals surface area contributed by atoms with Crippen molar-refractivity contribution in [3.05, 3.63) is 18.2 Å². The zero-order chi connectivity index (χ0) is 15.1. The summed E-state index contributed by atoms with van der Waals surface area (Å²) in [6.07, 6.45) is 3.78. The lowest BCUT2D eigenvalue weighted by molar-refractivity contribution is -0.140. The van der Waals surface area contributed by atoms with Crippen LogP contribution in [0.25, 0.3) is 0 Å². The fraction of sp³-hybridized carbons (Fsp3) is 0.562. The molecule has 0 spiro atoms. The van der Waals surface area contributed by atoms with Gasteiger partial charge in [0.25, 0.3) is 0 Å². The molecule has 0 saturated carbocycles. The Bertz CT molecular complexity index is 475. The van der Waals surface area contributed by atoms with Gasteiger partial charge in [0.05, 0.1) is 20.3 Å². The highest BCUT2D eigenvalue weighted by Gasteiger charge is 2.21. The number of carbonyl (C=O) groups excluding carboxylic acids is 1. The first kappa shape index (κ1) is 16.0. The summed E-state index contributed by atoms with van der Waals surface area (Å²) in [6.45, 7) is 3.46. The van der Waals surface area contributed by atoms with Crippen LogP contribution in [0.15, 0.2) is 23.1 Å². The van der Waals surface area contributed by atoms with Gasteiger partial charge in [-0.05, 0) is 24.6 Å². The van der Waals surface area contributed by atoms with E-state index in [2.05, 4.69) is 6.92 Å². The molecule has 1 atom stereocenters. The molecule has 0 fully saturated rings. The van der Waals surface area contributed by atoms with Gasteiger partial charge in [-0.3, -0.25) is 4.79 Å². The summed E-state index contributed by atoms with van der Waals surface area (Å²) in [6, 6.07) is 5.84. The normalized spacial score (nSPS) is 15.1. The van der Waals surface area contributed by atoms with Crippen molar-refractivity contribution >= 4 is 17.7 Å². The number of ether oxygens (including phenoxy) is 3. The van der Waals surface area contributed by atoms with Crippen LogP contribution in [0.3, 0.4) is 0 Å². The molecule has 1 aliphatic heterocycles. The Morgan fingerprint density at radius 3 is 2.81 bits per heavy atom. The number of esters is 1. The molecule has 0 bridgehead atoms. The maximum atomic E-state index is 11.9. The van der Waals surface area contributed by atoms with Crippen molar-refractivity contribution in [2.24, 2.45) is 0 Å². The van der Waals surface area contributed by atoms with Crippen LogP contribution in [0.5, 0.6) is 11.5 Å². The van der Waals surface area contributed by atoms with E-state index in [1.165, 1.54) is 18.9 Å². The van der Waals surface area contributed by atoms with E-state index >= 15 is 0 Å². The average Bonchev–Trinajstić information content (AvgIpc) is 2.75. The third-order valence-corrected chi connectivity index (χ3v) is 4.52. The molecule has 0 amide bonds. The molecular weight excluding hydrogens is 288 g/mol. The molecule has 1 heterocycles. The zero-order valence-corrected chi connectivity index (χ0v) is 13.4. The number of rotatable bonds is 6. The molecule has 1 aromatic carbocycles. The molecule has 1 unspecified atom stereocenters. The van der Waals surface area contributed by atoms with Gasteiger partial charge < -0.3 is 14.2 Å². The molecule has 0 N–H and O–H groups in total. The van der Waals surface area contributed by atoms with Crippen molar-refractivity contribution < 1.29 is 19.0 Å². The summed E-state index contributed by atoms with van der Waals surface area (Å²) in [4.78, 5) is 12.9. The third kappa shape index (κ3) is 4.56. The molecule has 0 aromatic heterocycles. The van der Waals surface area contributed by atoms with E-state index in [9.17, 15) is 4.79 Å². The predicted octanol–water partition coefficient (Wildman–Crippen LogP) is 3.67. The molecular formula is C16H22O4S. The van der Waals surface area contributed by atoms with Crippen molar-refractivity contribution in [1.82, 2.24) is 0 Å². The molecule has 1 aromatic rings. The number of unbranched alkanes of at least 4 members (excludes halogenated alkanes) is 1. The number of carbonyl (C=O) groups is 1. The molecule has 1 aliphatic rings. The van der Waals surface area contributed by atoms with Crippen molar-refractivity contribution in [1.29, 1.82) is 0 Å². The monoisotopic (exact) mass is 310 g/mol. The van der Waals surface area contributed by atoms with Crippen LogP contribution in [-0.4, -0.2) is 31.5 Å². The molecule has 0 aliphatic carbocycles. The van der Waals surface area contributed by atoms with E-state index in [0.717, 1.165) is 42.1 Å². The zero-order valence-electron chi connectivity index (χ0n) is 12.6. The summed E-state index contributed by atoms with van der Waals surface area (Å²) in [5.41, 5.74) is 0. The number of benzene rings is 1. The average molecular weight is 310 g/mol. The van der Waals surface area contributed by atoms with Gasteiger partial charge in [0.2, 0.25) is 0 Å². The second kappa shape index (κ2) is 8.17. The van der Waals surface area contributed by atoms with Crippen LogP contribution in [0.1, 0.15) is 32.6 Å². The van der Waals surface area contributed by atoms with Gasteiger partial charge in [0.1, 0.15) is 5.25 Å². The molecule has 0 saturated heterocycles. The minimum atomic E-state index is -0.167. The second-order valence-electron chi connectivity index (χ2n) is 4.93. The van der Waals surface area contributed by atoms with Crippen molar-refractivity contribution in [3.63, 3.8) is 0 Å². The summed E-state index contributed by atoms with van der Waals surface area (Å²) in [5.74, 6) is 1.37. The van der Waals surface area contributed by atoms with Crippen LogP contribution >= 0.6 is 11.8 Å². The van der Waals surface area contributed by atoms with Crippen LogP contribution in [0.4, 0.5) is 0 Å². The van der Waals surface area contributed by atoms with Gasteiger partial charge in [0, 0.05) is 11.3 Å². The first-order valence-corrected chi connectivity index (χ1v) is 8.26. The van der Waals surface area contributed by atoms with Crippen molar-refractivity contribution in [2.75, 3.05) is 20.3 Å². The van der Waals surface area contributed by atoms with Gasteiger partial charge >= 0.3 is 5.97 Å². The summed E-state index contributed by atoms with van der Waals surface area (Å²) in [5, 5.41) is -0.167. The first-order valence-electron chi connectivity index (χ1n) is 7.38. The summed E-state index contributed by atoms with van der Waals surface area (Å²) < 4.78 is 16.2. The summed E-state index contributed by atoms with van der Waals surface area (Å²) in [7, 11) is 1.44. The quantitative estimate of drug-likeness (QED) is 0.592. The Hall–Kier alpha value is -1.36. The molecule has 0 radical (unpaired) electrons. The SMILES string of the molecule is CCCCC(Sc1ccc2c(c1)OCCCO2)C(=O)OC. The lowest BCUT2D eigenvalue weighted by Gasteiger charge is -2.15. The topological polar surface area (TPSA) is 44.8 Å². The first-order chi connectivity index (χ1) is 10.2. The van der Waals surface area contributed by atoms with E-state index in [4.69, 9.17) is 14.2 Å². The number of thioether (sulfide) groups is 1. The minimum absolute atomic E-state index is 0.166. The van der Waals surface area contributed by atoms with E-state index in [1.807, 2.05) is 18.2 Å². The fourth-order valence-corrected chi connectivity index (χ4v) is 3.25. The number of fused-ring (bicyclic) bond motifs is 1. The Labute approximate surface area is 130 Å². The van der Waals surface area contributed by atoms with Crippen molar-refractivity contribution in [3.8, 4) is 11.5 Å². The standard InChI is InChI=1S/C16H22O4S/c1-3-4-6-15(16(17)18-2)21-12-7-8-13-14(11-12)20-10-5-9-19-13/h7-8,11,15H,3-6,9-10H2,1-2H3. The van der Waals surface area contributed by atoms with Gasteiger partial charge in [0.15, 0.2) is 11.5 Å². The molecule has 116 valence electrons. The Balaban J connectivity index is 2.09. The van der Waals surface area contributed by atoms with Gasteiger partial charge in [-0.1, -0.05) is 19.8 Å². The Morgan fingerprint density at radius 2 is 2.10 bits per heavy atom. The Kier molecular flexibility index (Phi) is 6.23. The number of hydrogen-bond donors (Lipinski definition) is 0. The molecule has 21 heavy (non-hydrogen) atoms. The van der Waals surface area contributed by atoms with E-state index in [1.54, 1.807) is 0 Å². The van der Waals surface area contributed by atoms with E-state index in [0.29, 0.717) is 13.2 Å². The maximum absolute atomic E-state index is 11.9. The highest BCUT2D eigenvalue weighted by Crippen LogP contribution is 2.36. The lowest BCUT2D eigenvalue weighted by Crippen LogP contribution is -2.18. The van der Waals surface area contributed by atoms with Gasteiger partial charge in [-0.15, -0.1) is 11.8 Å². The van der Waals surface area contributed by atoms with Gasteiger partial charge in [-0.25, -0.2) is 0 Å². The van der Waals surface area contributed by atoms with Gasteiger partial charge in [-0.2, -0.15) is 0 Å². The third-order valence-electron chi connectivity index (χ3n) is 3.28. The largest absolute Gasteiger partial charge is 0.490 e. The minimum Gasteiger partial charge on any atom is -0.490 e. The number of hydrogen-bond acceptors (Lipinski definition) is 5. The van der Waals surface area contributed by atoms with E-state index < -0.39 is 0 Å². The van der Waals surface area contributed by atoms with Crippen LogP contribution < -0.4 is 9.47 Å². The van der Waals surface area contributed by atoms with Crippen LogP contribution in [0, 0.1) is 0 Å².